The van der Waals surface area contributed by atoms with E-state index in [9.17, 15) is 4.79 Å². The summed E-state index contributed by atoms with van der Waals surface area (Å²) >= 11 is 0. The molecule has 0 aliphatic carbocycles. The van der Waals surface area contributed by atoms with Crippen LogP contribution in [-0.2, 0) is 4.79 Å². The van der Waals surface area contributed by atoms with E-state index in [1.165, 1.54) is 0 Å². The summed E-state index contributed by atoms with van der Waals surface area (Å²) in [5.74, 6) is 0.0700. The number of carbonyl (C=O) groups is 1. The lowest BCUT2D eigenvalue weighted by Gasteiger charge is -2.30. The van der Waals surface area contributed by atoms with Crippen molar-refractivity contribution in [2.24, 2.45) is 0 Å². The minimum Gasteiger partial charge on any atom is -0.350 e. The average molecular weight is 227 g/mol. The first-order chi connectivity index (χ1) is 7.22. The Labute approximate surface area is 98.6 Å². The molecule has 0 aromatic rings. The van der Waals surface area contributed by atoms with Gasteiger partial charge in [-0.3, -0.25) is 10.1 Å². The zero-order chi connectivity index (χ0) is 12.4. The Bertz CT molecular complexity index is 251. The quantitative estimate of drug-likeness (QED) is 0.663. The van der Waals surface area contributed by atoms with Crippen LogP contribution in [0.1, 0.15) is 41.0 Å². The van der Waals surface area contributed by atoms with Gasteiger partial charge in [0.2, 0.25) is 5.91 Å². The number of carbonyl (C=O) groups excluding carboxylic acids is 1. The van der Waals surface area contributed by atoms with Crippen LogP contribution in [0.5, 0.6) is 0 Å². The number of rotatable bonds is 3. The van der Waals surface area contributed by atoms with E-state index in [4.69, 9.17) is 0 Å². The molecule has 1 amide bonds. The van der Waals surface area contributed by atoms with Crippen molar-refractivity contribution in [2.45, 2.75) is 58.2 Å². The van der Waals surface area contributed by atoms with E-state index >= 15 is 0 Å². The fourth-order valence-corrected chi connectivity index (χ4v) is 2.01. The summed E-state index contributed by atoms with van der Waals surface area (Å²) in [5, 5.41) is 9.70. The van der Waals surface area contributed by atoms with Gasteiger partial charge in [0.05, 0.1) is 6.04 Å². The first-order valence-corrected chi connectivity index (χ1v) is 6.02. The van der Waals surface area contributed by atoms with Crippen molar-refractivity contribution in [1.82, 2.24) is 16.0 Å². The van der Waals surface area contributed by atoms with Crippen LogP contribution in [-0.4, -0.2) is 36.1 Å². The number of hydrogen-bond donors (Lipinski definition) is 3. The molecule has 1 heterocycles. The molecule has 0 bridgehead atoms. The molecule has 0 radical (unpaired) electrons. The second-order valence-corrected chi connectivity index (χ2v) is 6.09. The van der Waals surface area contributed by atoms with Gasteiger partial charge in [-0.1, -0.05) is 0 Å². The topological polar surface area (TPSA) is 53.2 Å². The van der Waals surface area contributed by atoms with Crippen molar-refractivity contribution in [3.63, 3.8) is 0 Å². The summed E-state index contributed by atoms with van der Waals surface area (Å²) in [7, 11) is 0. The van der Waals surface area contributed by atoms with Gasteiger partial charge in [-0.15, -0.1) is 0 Å². The fraction of sp³-hybridized carbons (Fsp3) is 0.917. The molecule has 4 nitrogen and oxygen atoms in total. The van der Waals surface area contributed by atoms with Gasteiger partial charge in [0.25, 0.3) is 0 Å². The molecule has 3 N–H and O–H groups in total. The van der Waals surface area contributed by atoms with E-state index in [1.807, 2.05) is 27.7 Å². The molecular weight excluding hydrogens is 202 g/mol. The van der Waals surface area contributed by atoms with Crippen LogP contribution < -0.4 is 16.0 Å². The number of amides is 1. The Balaban J connectivity index is 2.45. The molecule has 94 valence electrons. The molecule has 1 fully saturated rings. The first-order valence-electron chi connectivity index (χ1n) is 6.02. The second-order valence-electron chi connectivity index (χ2n) is 6.09. The van der Waals surface area contributed by atoms with E-state index in [2.05, 4.69) is 22.9 Å². The van der Waals surface area contributed by atoms with Crippen molar-refractivity contribution >= 4 is 5.91 Å². The van der Waals surface area contributed by atoms with Crippen molar-refractivity contribution in [1.29, 1.82) is 0 Å². The average Bonchev–Trinajstić information content (AvgIpc) is 2.48. The van der Waals surface area contributed by atoms with Crippen LogP contribution in [0.4, 0.5) is 0 Å². The summed E-state index contributed by atoms with van der Waals surface area (Å²) < 4.78 is 0. The van der Waals surface area contributed by atoms with Crippen LogP contribution in [0.3, 0.4) is 0 Å². The van der Waals surface area contributed by atoms with Gasteiger partial charge in [-0.25, -0.2) is 0 Å². The summed E-state index contributed by atoms with van der Waals surface area (Å²) in [6.07, 6.45) is 1.07. The molecule has 0 spiro atoms. The third-order valence-corrected chi connectivity index (χ3v) is 2.83. The Hall–Kier alpha value is -0.610. The number of hydrogen-bond acceptors (Lipinski definition) is 3. The maximum Gasteiger partial charge on any atom is 0.237 e. The third kappa shape index (κ3) is 4.10. The summed E-state index contributed by atoms with van der Waals surface area (Å²) in [4.78, 5) is 11.9. The molecule has 1 saturated heterocycles. The molecule has 4 heteroatoms. The highest BCUT2D eigenvalue weighted by Crippen LogP contribution is 2.14. The summed E-state index contributed by atoms with van der Waals surface area (Å²) in [6.45, 7) is 12.0. The predicted octanol–water partition coefficient (Wildman–Crippen LogP) is 0.631. The van der Waals surface area contributed by atoms with Gasteiger partial charge in [0.1, 0.15) is 0 Å². The smallest absolute Gasteiger partial charge is 0.237 e. The molecule has 1 rings (SSSR count). The molecule has 1 aliphatic rings. The van der Waals surface area contributed by atoms with Crippen molar-refractivity contribution in [3.8, 4) is 0 Å². The summed E-state index contributed by atoms with van der Waals surface area (Å²) in [6, 6.07) is -0.149. The SMILES string of the molecule is CC(NC1(C)CCNC1)C(=O)NC(C)(C)C. The molecule has 0 saturated carbocycles. The predicted molar refractivity (Wildman–Crippen MR) is 66.4 cm³/mol. The second kappa shape index (κ2) is 4.72. The molecule has 16 heavy (non-hydrogen) atoms. The van der Waals surface area contributed by atoms with E-state index in [-0.39, 0.29) is 23.0 Å². The van der Waals surface area contributed by atoms with Crippen molar-refractivity contribution in [2.75, 3.05) is 13.1 Å². The van der Waals surface area contributed by atoms with Crippen molar-refractivity contribution in [3.05, 3.63) is 0 Å². The lowest BCUT2D eigenvalue weighted by Crippen LogP contribution is -2.56. The summed E-state index contributed by atoms with van der Waals surface area (Å²) in [5.41, 5.74) is -0.115. The number of nitrogens with one attached hydrogen (secondary N) is 3. The maximum absolute atomic E-state index is 11.9. The van der Waals surface area contributed by atoms with Crippen LogP contribution in [0, 0.1) is 0 Å². The molecule has 1 aliphatic heterocycles. The Morgan fingerprint density at radius 1 is 1.44 bits per heavy atom. The Morgan fingerprint density at radius 2 is 2.06 bits per heavy atom. The standard InChI is InChI=1S/C12H25N3O/c1-9(10(16)15-11(2,3)4)14-12(5)6-7-13-8-12/h9,13-14H,6-8H2,1-5H3,(H,15,16). The van der Waals surface area contributed by atoms with Gasteiger partial charge in [-0.2, -0.15) is 0 Å². The van der Waals surface area contributed by atoms with E-state index in [0.717, 1.165) is 19.5 Å². The lowest BCUT2D eigenvalue weighted by atomic mass is 10.00. The van der Waals surface area contributed by atoms with Gasteiger partial charge in [-0.05, 0) is 47.6 Å². The zero-order valence-corrected chi connectivity index (χ0v) is 11.1. The third-order valence-electron chi connectivity index (χ3n) is 2.83. The zero-order valence-electron chi connectivity index (χ0n) is 11.1. The first kappa shape index (κ1) is 13.5. The molecule has 2 unspecified atom stereocenters. The molecular formula is C12H25N3O. The van der Waals surface area contributed by atoms with Gasteiger partial charge in [0.15, 0.2) is 0 Å². The molecule has 0 aromatic carbocycles. The van der Waals surface area contributed by atoms with Gasteiger partial charge < -0.3 is 10.6 Å². The minimum atomic E-state index is -0.165. The minimum absolute atomic E-state index is 0.0502. The van der Waals surface area contributed by atoms with E-state index < -0.39 is 0 Å². The van der Waals surface area contributed by atoms with Crippen LogP contribution in [0.2, 0.25) is 0 Å². The highest BCUT2D eigenvalue weighted by molar-refractivity contribution is 5.82. The fourth-order valence-electron chi connectivity index (χ4n) is 2.01. The maximum atomic E-state index is 11.9. The highest BCUT2D eigenvalue weighted by Gasteiger charge is 2.31. The van der Waals surface area contributed by atoms with Crippen LogP contribution in [0.25, 0.3) is 0 Å². The molecule has 2 atom stereocenters. The van der Waals surface area contributed by atoms with Gasteiger partial charge >= 0.3 is 0 Å². The lowest BCUT2D eigenvalue weighted by molar-refractivity contribution is -0.124. The van der Waals surface area contributed by atoms with E-state index in [0.29, 0.717) is 0 Å². The van der Waals surface area contributed by atoms with Crippen LogP contribution >= 0.6 is 0 Å². The monoisotopic (exact) mass is 227 g/mol. The van der Waals surface area contributed by atoms with Gasteiger partial charge in [0, 0.05) is 17.6 Å². The Morgan fingerprint density at radius 3 is 2.50 bits per heavy atom. The normalized spacial score (nSPS) is 27.8. The van der Waals surface area contributed by atoms with E-state index in [1.54, 1.807) is 0 Å². The molecule has 0 aromatic heterocycles. The highest BCUT2D eigenvalue weighted by atomic mass is 16.2. The van der Waals surface area contributed by atoms with Crippen molar-refractivity contribution < 1.29 is 4.79 Å². The van der Waals surface area contributed by atoms with Crippen LogP contribution in [0.15, 0.2) is 0 Å². The Kier molecular flexibility index (Phi) is 3.97. The largest absolute Gasteiger partial charge is 0.350 e.